The highest BCUT2D eigenvalue weighted by Crippen LogP contribution is 2.22. The Kier molecular flexibility index (Phi) is 5.03. The molecule has 0 bridgehead atoms. The number of nitrogens with one attached hydrogen (secondary N) is 2. The van der Waals surface area contributed by atoms with E-state index in [-0.39, 0.29) is 11.6 Å². The van der Waals surface area contributed by atoms with E-state index in [4.69, 9.17) is 0 Å². The fourth-order valence-corrected chi connectivity index (χ4v) is 2.84. The van der Waals surface area contributed by atoms with Crippen molar-refractivity contribution in [2.45, 2.75) is 19.3 Å². The lowest BCUT2D eigenvalue weighted by molar-refractivity contribution is 0.0991. The van der Waals surface area contributed by atoms with Gasteiger partial charge in [0, 0.05) is 17.8 Å². The van der Waals surface area contributed by atoms with Gasteiger partial charge in [0.2, 0.25) is 0 Å². The Bertz CT molecular complexity index is 682. The fraction of sp³-hybridized carbons (Fsp3) is 0.316. The first-order valence-electron chi connectivity index (χ1n) is 8.07. The van der Waals surface area contributed by atoms with Crippen molar-refractivity contribution in [3.8, 4) is 0 Å². The number of benzene rings is 2. The predicted molar refractivity (Wildman–Crippen MR) is 90.6 cm³/mol. The molecule has 1 heterocycles. The van der Waals surface area contributed by atoms with Crippen molar-refractivity contribution < 1.29 is 9.18 Å². The summed E-state index contributed by atoms with van der Waals surface area (Å²) in [5.41, 5.74) is 4.21. The van der Waals surface area contributed by atoms with Gasteiger partial charge in [-0.05, 0) is 67.3 Å². The molecule has 2 aromatic rings. The summed E-state index contributed by atoms with van der Waals surface area (Å²) in [5, 5.41) is 6.52. The largest absolute Gasteiger partial charge is 0.385 e. The average Bonchev–Trinajstić information content (AvgIpc) is 2.59. The van der Waals surface area contributed by atoms with Gasteiger partial charge in [-0.15, -0.1) is 0 Å². The van der Waals surface area contributed by atoms with Gasteiger partial charge in [0.05, 0.1) is 6.54 Å². The van der Waals surface area contributed by atoms with Crippen molar-refractivity contribution >= 4 is 11.5 Å². The van der Waals surface area contributed by atoms with E-state index in [1.54, 1.807) is 12.1 Å². The maximum atomic E-state index is 12.8. The van der Waals surface area contributed by atoms with E-state index in [1.165, 1.54) is 17.7 Å². The van der Waals surface area contributed by atoms with E-state index in [0.717, 1.165) is 42.6 Å². The van der Waals surface area contributed by atoms with Gasteiger partial charge in [-0.1, -0.05) is 12.1 Å². The van der Waals surface area contributed by atoms with Crippen LogP contribution in [-0.2, 0) is 12.8 Å². The number of ketones is 1. The zero-order valence-electron chi connectivity index (χ0n) is 13.1. The second-order valence-electron chi connectivity index (χ2n) is 5.88. The van der Waals surface area contributed by atoms with Crippen LogP contribution in [0.5, 0.6) is 0 Å². The molecular weight excluding hydrogens is 291 g/mol. The molecule has 0 aromatic heterocycles. The number of hydrogen-bond donors (Lipinski definition) is 2. The minimum absolute atomic E-state index is 0.109. The zero-order valence-corrected chi connectivity index (χ0v) is 13.1. The van der Waals surface area contributed by atoms with E-state index in [0.29, 0.717) is 13.1 Å². The SMILES string of the molecule is O=C(CNCCc1ccc(F)cc1)c1ccc2c(c1)CCCN2. The quantitative estimate of drug-likeness (QED) is 0.636. The molecule has 0 saturated heterocycles. The molecule has 0 amide bonds. The molecule has 0 aliphatic carbocycles. The number of aryl methyl sites for hydroxylation is 1. The van der Waals surface area contributed by atoms with E-state index in [1.807, 2.05) is 18.2 Å². The highest BCUT2D eigenvalue weighted by Gasteiger charge is 2.12. The van der Waals surface area contributed by atoms with Gasteiger partial charge in [-0.3, -0.25) is 4.79 Å². The molecule has 2 aromatic carbocycles. The van der Waals surface area contributed by atoms with Gasteiger partial charge in [0.15, 0.2) is 5.78 Å². The van der Waals surface area contributed by atoms with Crippen molar-refractivity contribution in [2.24, 2.45) is 0 Å². The molecule has 1 aliphatic rings. The van der Waals surface area contributed by atoms with Crippen molar-refractivity contribution in [3.63, 3.8) is 0 Å². The Labute approximate surface area is 135 Å². The summed E-state index contributed by atoms with van der Waals surface area (Å²) in [6, 6.07) is 12.4. The number of fused-ring (bicyclic) bond motifs is 1. The normalized spacial score (nSPS) is 13.3. The van der Waals surface area contributed by atoms with Gasteiger partial charge in [-0.25, -0.2) is 4.39 Å². The van der Waals surface area contributed by atoms with Crippen LogP contribution in [0.1, 0.15) is 27.9 Å². The second-order valence-corrected chi connectivity index (χ2v) is 5.88. The van der Waals surface area contributed by atoms with Crippen molar-refractivity contribution in [3.05, 3.63) is 65.0 Å². The molecule has 0 unspecified atom stereocenters. The molecule has 3 rings (SSSR count). The fourth-order valence-electron chi connectivity index (χ4n) is 2.84. The van der Waals surface area contributed by atoms with Crippen molar-refractivity contribution in [1.29, 1.82) is 0 Å². The summed E-state index contributed by atoms with van der Waals surface area (Å²) in [5.74, 6) is -0.115. The minimum Gasteiger partial charge on any atom is -0.385 e. The number of halogens is 1. The summed E-state index contributed by atoms with van der Waals surface area (Å²) in [7, 11) is 0. The van der Waals surface area contributed by atoms with Crippen LogP contribution in [0.4, 0.5) is 10.1 Å². The van der Waals surface area contributed by atoms with Crippen LogP contribution in [-0.4, -0.2) is 25.4 Å². The molecule has 0 saturated carbocycles. The number of hydrogen-bond acceptors (Lipinski definition) is 3. The van der Waals surface area contributed by atoms with Crippen LogP contribution in [0.25, 0.3) is 0 Å². The Balaban J connectivity index is 1.48. The maximum absolute atomic E-state index is 12.8. The van der Waals surface area contributed by atoms with Gasteiger partial charge in [-0.2, -0.15) is 0 Å². The first kappa shape index (κ1) is 15.7. The van der Waals surface area contributed by atoms with Crippen molar-refractivity contribution in [2.75, 3.05) is 25.0 Å². The van der Waals surface area contributed by atoms with Gasteiger partial charge < -0.3 is 10.6 Å². The summed E-state index contributed by atoms with van der Waals surface area (Å²) in [6.45, 7) is 2.03. The van der Waals surface area contributed by atoms with Crippen LogP contribution in [0.2, 0.25) is 0 Å². The molecule has 0 spiro atoms. The minimum atomic E-state index is -0.223. The highest BCUT2D eigenvalue weighted by atomic mass is 19.1. The summed E-state index contributed by atoms with van der Waals surface area (Å²) in [4.78, 5) is 12.3. The summed E-state index contributed by atoms with van der Waals surface area (Å²) >= 11 is 0. The molecule has 23 heavy (non-hydrogen) atoms. The van der Waals surface area contributed by atoms with Gasteiger partial charge in [0.25, 0.3) is 0 Å². The average molecular weight is 312 g/mol. The summed E-state index contributed by atoms with van der Waals surface area (Å²) in [6.07, 6.45) is 2.92. The lowest BCUT2D eigenvalue weighted by Gasteiger charge is -2.18. The number of Topliss-reactive ketones (excluding diaryl/α,β-unsaturated/α-hetero) is 1. The molecule has 4 heteroatoms. The molecule has 0 atom stereocenters. The molecule has 120 valence electrons. The maximum Gasteiger partial charge on any atom is 0.176 e. The number of rotatable bonds is 6. The Morgan fingerprint density at radius 2 is 2.00 bits per heavy atom. The first-order valence-corrected chi connectivity index (χ1v) is 8.07. The standard InChI is InChI=1S/C19H21FN2O/c20-17-6-3-14(4-7-17)9-11-21-13-19(23)16-5-8-18-15(12-16)2-1-10-22-18/h3-8,12,21-22H,1-2,9-11,13H2. The van der Waals surface area contributed by atoms with E-state index < -0.39 is 0 Å². The Morgan fingerprint density at radius 1 is 1.17 bits per heavy atom. The Morgan fingerprint density at radius 3 is 2.83 bits per heavy atom. The third kappa shape index (κ3) is 4.17. The molecular formula is C19H21FN2O. The van der Waals surface area contributed by atoms with E-state index in [2.05, 4.69) is 10.6 Å². The highest BCUT2D eigenvalue weighted by molar-refractivity contribution is 5.98. The van der Waals surface area contributed by atoms with Crippen LogP contribution < -0.4 is 10.6 Å². The molecule has 0 fully saturated rings. The molecule has 0 radical (unpaired) electrons. The van der Waals surface area contributed by atoms with Crippen molar-refractivity contribution in [1.82, 2.24) is 5.32 Å². The summed E-state index contributed by atoms with van der Waals surface area (Å²) < 4.78 is 12.8. The van der Waals surface area contributed by atoms with Gasteiger partial charge in [0.1, 0.15) is 5.82 Å². The number of anilines is 1. The van der Waals surface area contributed by atoms with E-state index in [9.17, 15) is 9.18 Å². The monoisotopic (exact) mass is 312 g/mol. The van der Waals surface area contributed by atoms with Crippen LogP contribution in [0, 0.1) is 5.82 Å². The van der Waals surface area contributed by atoms with Crippen LogP contribution >= 0.6 is 0 Å². The molecule has 3 nitrogen and oxygen atoms in total. The number of carbonyl (C=O) groups excluding carboxylic acids is 1. The number of carbonyl (C=O) groups is 1. The van der Waals surface area contributed by atoms with E-state index >= 15 is 0 Å². The van der Waals surface area contributed by atoms with Crippen LogP contribution in [0.3, 0.4) is 0 Å². The molecule has 1 aliphatic heterocycles. The van der Waals surface area contributed by atoms with Gasteiger partial charge >= 0.3 is 0 Å². The predicted octanol–water partition coefficient (Wildman–Crippen LogP) is 3.20. The third-order valence-corrected chi connectivity index (χ3v) is 4.15. The lowest BCUT2D eigenvalue weighted by Crippen LogP contribution is -2.25. The molecule has 2 N–H and O–H groups in total. The lowest BCUT2D eigenvalue weighted by atomic mass is 9.99. The second kappa shape index (κ2) is 7.38. The zero-order chi connectivity index (χ0) is 16.1. The Hall–Kier alpha value is -2.20. The topological polar surface area (TPSA) is 41.1 Å². The first-order chi connectivity index (χ1) is 11.2. The van der Waals surface area contributed by atoms with Crippen LogP contribution in [0.15, 0.2) is 42.5 Å². The third-order valence-electron chi connectivity index (χ3n) is 4.15. The smallest absolute Gasteiger partial charge is 0.176 e.